The van der Waals surface area contributed by atoms with Gasteiger partial charge >= 0.3 is 0 Å². The fourth-order valence-corrected chi connectivity index (χ4v) is 3.02. The molecule has 0 N–H and O–H groups in total. The summed E-state index contributed by atoms with van der Waals surface area (Å²) in [6.45, 7) is 8.63. The van der Waals surface area contributed by atoms with Gasteiger partial charge in [-0.2, -0.15) is 5.10 Å². The number of pyridine rings is 1. The van der Waals surface area contributed by atoms with Gasteiger partial charge in [0.2, 0.25) is 0 Å². The number of hydrogen-bond acceptors (Lipinski definition) is 3. The first kappa shape index (κ1) is 16.7. The minimum atomic E-state index is 0.334. The second-order valence-electron chi connectivity index (χ2n) is 7.00. The Morgan fingerprint density at radius 3 is 2.29 bits per heavy atom. The Kier molecular flexibility index (Phi) is 4.41. The van der Waals surface area contributed by atoms with Crippen molar-refractivity contribution in [1.29, 1.82) is 0 Å². The van der Waals surface area contributed by atoms with E-state index in [9.17, 15) is 0 Å². The van der Waals surface area contributed by atoms with Crippen LogP contribution in [0, 0.1) is 6.92 Å². The van der Waals surface area contributed by atoms with E-state index in [0.717, 1.165) is 22.3 Å². The van der Waals surface area contributed by atoms with Gasteiger partial charge < -0.3 is 4.90 Å². The Morgan fingerprint density at radius 1 is 1.04 bits per heavy atom. The van der Waals surface area contributed by atoms with Crippen LogP contribution in [-0.2, 0) is 0 Å². The van der Waals surface area contributed by atoms with Gasteiger partial charge in [-0.3, -0.25) is 4.68 Å². The fourth-order valence-electron chi connectivity index (χ4n) is 3.02. The molecule has 4 nitrogen and oxygen atoms in total. The highest BCUT2D eigenvalue weighted by Gasteiger charge is 2.13. The highest BCUT2D eigenvalue weighted by molar-refractivity contribution is 5.81. The van der Waals surface area contributed by atoms with Gasteiger partial charge in [-0.1, -0.05) is 24.3 Å². The number of fused-ring (bicyclic) bond motifs is 1. The van der Waals surface area contributed by atoms with Gasteiger partial charge in [-0.05, 0) is 59.0 Å². The number of nitrogens with zero attached hydrogens (tertiary/aromatic N) is 4. The van der Waals surface area contributed by atoms with Crippen LogP contribution in [0.15, 0.2) is 36.5 Å². The van der Waals surface area contributed by atoms with E-state index < -0.39 is 0 Å². The highest BCUT2D eigenvalue weighted by Crippen LogP contribution is 2.27. The molecule has 3 rings (SSSR count). The SMILES string of the molecule is Cc1cc(-c2ccc(C(C)N(C)C)cc2)nc2cnn(C(C)C)c12. The van der Waals surface area contributed by atoms with Crippen LogP contribution >= 0.6 is 0 Å². The van der Waals surface area contributed by atoms with Gasteiger partial charge in [-0.15, -0.1) is 0 Å². The molecule has 0 aliphatic rings. The molecule has 0 amide bonds. The first-order valence-corrected chi connectivity index (χ1v) is 8.50. The summed E-state index contributed by atoms with van der Waals surface area (Å²) >= 11 is 0. The molecule has 1 atom stereocenters. The van der Waals surface area contributed by atoms with Crippen molar-refractivity contribution in [2.45, 2.75) is 39.8 Å². The molecule has 2 aromatic heterocycles. The van der Waals surface area contributed by atoms with Gasteiger partial charge in [0.15, 0.2) is 0 Å². The average Bonchev–Trinajstić information content (AvgIpc) is 2.99. The first-order chi connectivity index (χ1) is 11.4. The van der Waals surface area contributed by atoms with E-state index in [1.165, 1.54) is 11.1 Å². The number of benzene rings is 1. The Hall–Kier alpha value is -2.20. The van der Waals surface area contributed by atoms with Gasteiger partial charge in [-0.25, -0.2) is 4.98 Å². The molecule has 0 radical (unpaired) electrons. The van der Waals surface area contributed by atoms with Crippen molar-refractivity contribution in [2.24, 2.45) is 0 Å². The summed E-state index contributed by atoms with van der Waals surface area (Å²) in [6, 6.07) is 11.6. The van der Waals surface area contributed by atoms with Crippen LogP contribution < -0.4 is 0 Å². The molecule has 24 heavy (non-hydrogen) atoms. The fraction of sp³-hybridized carbons (Fsp3) is 0.400. The summed E-state index contributed by atoms with van der Waals surface area (Å²) in [4.78, 5) is 7.04. The maximum atomic E-state index is 4.83. The molecule has 0 spiro atoms. The lowest BCUT2D eigenvalue weighted by Gasteiger charge is -2.20. The molecular weight excluding hydrogens is 296 g/mol. The van der Waals surface area contributed by atoms with Gasteiger partial charge in [0.05, 0.1) is 17.4 Å². The van der Waals surface area contributed by atoms with Crippen molar-refractivity contribution < 1.29 is 0 Å². The van der Waals surface area contributed by atoms with Crippen LogP contribution in [0.5, 0.6) is 0 Å². The van der Waals surface area contributed by atoms with Crippen molar-refractivity contribution in [3.05, 3.63) is 47.7 Å². The summed E-state index contributed by atoms with van der Waals surface area (Å²) in [5, 5.41) is 4.50. The van der Waals surface area contributed by atoms with Crippen LogP contribution in [0.2, 0.25) is 0 Å². The van der Waals surface area contributed by atoms with Crippen molar-refractivity contribution in [3.63, 3.8) is 0 Å². The standard InChI is InChI=1S/C20H26N4/c1-13(2)24-20-14(3)11-18(22-19(20)12-21-24)17-9-7-16(8-10-17)15(4)23(5)6/h7-13,15H,1-6H3. The number of hydrogen-bond donors (Lipinski definition) is 0. The van der Waals surface area contributed by atoms with Crippen molar-refractivity contribution in [3.8, 4) is 11.3 Å². The van der Waals surface area contributed by atoms with Crippen LogP contribution in [0.1, 0.15) is 44.0 Å². The summed E-state index contributed by atoms with van der Waals surface area (Å²) in [7, 11) is 4.20. The number of rotatable bonds is 4. The quantitative estimate of drug-likeness (QED) is 0.703. The highest BCUT2D eigenvalue weighted by atomic mass is 15.3. The Balaban J connectivity index is 2.01. The maximum absolute atomic E-state index is 4.83. The Labute approximate surface area is 144 Å². The second kappa shape index (κ2) is 6.36. The third-order valence-electron chi connectivity index (χ3n) is 4.70. The zero-order chi connectivity index (χ0) is 17.4. The number of aryl methyl sites for hydroxylation is 1. The topological polar surface area (TPSA) is 34.0 Å². The summed E-state index contributed by atoms with van der Waals surface area (Å²) in [5.41, 5.74) is 6.77. The first-order valence-electron chi connectivity index (χ1n) is 8.50. The molecule has 2 heterocycles. The lowest BCUT2D eigenvalue weighted by Crippen LogP contribution is -2.16. The molecule has 4 heteroatoms. The molecule has 0 aliphatic heterocycles. The van der Waals surface area contributed by atoms with E-state index in [-0.39, 0.29) is 0 Å². The molecule has 0 bridgehead atoms. The van der Waals surface area contributed by atoms with E-state index in [1.807, 2.05) is 10.9 Å². The molecule has 0 saturated carbocycles. The summed E-state index contributed by atoms with van der Waals surface area (Å²) in [6.07, 6.45) is 1.87. The van der Waals surface area contributed by atoms with Crippen LogP contribution in [-0.4, -0.2) is 33.8 Å². The van der Waals surface area contributed by atoms with Crippen molar-refractivity contribution in [1.82, 2.24) is 19.7 Å². The molecular formula is C20H26N4. The van der Waals surface area contributed by atoms with E-state index >= 15 is 0 Å². The molecule has 1 unspecified atom stereocenters. The van der Waals surface area contributed by atoms with Gasteiger partial charge in [0.1, 0.15) is 5.52 Å². The molecule has 126 valence electrons. The number of aromatic nitrogens is 3. The Bertz CT molecular complexity index is 844. The normalized spacial score (nSPS) is 13.2. The minimum absolute atomic E-state index is 0.334. The van der Waals surface area contributed by atoms with Crippen LogP contribution in [0.3, 0.4) is 0 Å². The monoisotopic (exact) mass is 322 g/mol. The third kappa shape index (κ3) is 2.94. The van der Waals surface area contributed by atoms with Crippen molar-refractivity contribution in [2.75, 3.05) is 14.1 Å². The summed E-state index contributed by atoms with van der Waals surface area (Å²) in [5.74, 6) is 0. The maximum Gasteiger partial charge on any atom is 0.109 e. The molecule has 3 aromatic rings. The van der Waals surface area contributed by atoms with Crippen LogP contribution in [0.25, 0.3) is 22.3 Å². The zero-order valence-electron chi connectivity index (χ0n) is 15.4. The van der Waals surface area contributed by atoms with E-state index in [0.29, 0.717) is 12.1 Å². The second-order valence-corrected chi connectivity index (χ2v) is 7.00. The predicted octanol–water partition coefficient (Wildman–Crippen LogP) is 4.61. The smallest absolute Gasteiger partial charge is 0.109 e. The largest absolute Gasteiger partial charge is 0.303 e. The van der Waals surface area contributed by atoms with E-state index in [4.69, 9.17) is 4.98 Å². The van der Waals surface area contributed by atoms with Gasteiger partial charge in [0, 0.05) is 17.6 Å². The lowest BCUT2D eigenvalue weighted by molar-refractivity contribution is 0.321. The predicted molar refractivity (Wildman–Crippen MR) is 100 cm³/mol. The summed E-state index contributed by atoms with van der Waals surface area (Å²) < 4.78 is 2.04. The molecule has 0 aliphatic carbocycles. The molecule has 0 fully saturated rings. The van der Waals surface area contributed by atoms with Crippen molar-refractivity contribution >= 4 is 11.0 Å². The van der Waals surface area contributed by atoms with Crippen LogP contribution in [0.4, 0.5) is 0 Å². The van der Waals surface area contributed by atoms with Gasteiger partial charge in [0.25, 0.3) is 0 Å². The zero-order valence-corrected chi connectivity index (χ0v) is 15.4. The average molecular weight is 322 g/mol. The minimum Gasteiger partial charge on any atom is -0.303 e. The third-order valence-corrected chi connectivity index (χ3v) is 4.70. The molecule has 0 saturated heterocycles. The lowest BCUT2D eigenvalue weighted by atomic mass is 10.0. The van der Waals surface area contributed by atoms with E-state index in [1.54, 1.807) is 0 Å². The Morgan fingerprint density at radius 2 is 1.71 bits per heavy atom. The van der Waals surface area contributed by atoms with E-state index in [2.05, 4.69) is 82.1 Å². The molecule has 1 aromatic carbocycles.